The third-order valence-electron chi connectivity index (χ3n) is 3.86. The maximum absolute atomic E-state index is 12.7. The highest BCUT2D eigenvalue weighted by molar-refractivity contribution is 7.89. The summed E-state index contributed by atoms with van der Waals surface area (Å²) in [7, 11) is -3.61. The van der Waals surface area contributed by atoms with Crippen molar-refractivity contribution in [3.8, 4) is 0 Å². The van der Waals surface area contributed by atoms with Gasteiger partial charge in [-0.1, -0.05) is 32.0 Å². The number of aryl methyl sites for hydroxylation is 1. The third-order valence-corrected chi connectivity index (χ3v) is 5.41. The number of sulfonamides is 1. The molecular weight excluding hydrogens is 350 g/mol. The second-order valence-corrected chi connectivity index (χ2v) is 7.68. The summed E-state index contributed by atoms with van der Waals surface area (Å²) in [4.78, 5) is 12.7. The van der Waals surface area contributed by atoms with Crippen LogP contribution in [0.3, 0.4) is 0 Å². The minimum Gasteiger partial charge on any atom is -0.322 e. The third kappa shape index (κ3) is 5.14. The van der Waals surface area contributed by atoms with Gasteiger partial charge in [0.15, 0.2) is 0 Å². The van der Waals surface area contributed by atoms with E-state index in [0.29, 0.717) is 16.8 Å². The molecular formula is C19H25N3O3S. The Morgan fingerprint density at radius 3 is 2.50 bits per heavy atom. The van der Waals surface area contributed by atoms with Crippen molar-refractivity contribution in [1.82, 2.24) is 10.0 Å². The topological polar surface area (TPSA) is 87.3 Å². The Hall–Kier alpha value is -2.22. The molecule has 0 bridgehead atoms. The second kappa shape index (κ2) is 8.93. The van der Waals surface area contributed by atoms with E-state index in [0.717, 1.165) is 18.7 Å². The molecule has 7 heteroatoms. The zero-order chi connectivity index (χ0) is 19.2. The molecule has 2 aromatic rings. The highest BCUT2D eigenvalue weighted by Gasteiger charge is 2.17. The number of carbonyl (C=O) groups is 1. The van der Waals surface area contributed by atoms with E-state index in [9.17, 15) is 13.2 Å². The monoisotopic (exact) mass is 375 g/mol. The van der Waals surface area contributed by atoms with Crippen LogP contribution in [0.2, 0.25) is 0 Å². The Morgan fingerprint density at radius 1 is 1.04 bits per heavy atom. The van der Waals surface area contributed by atoms with E-state index >= 15 is 0 Å². The molecule has 140 valence electrons. The summed E-state index contributed by atoms with van der Waals surface area (Å²) in [6, 6.07) is 12.1. The largest absolute Gasteiger partial charge is 0.322 e. The highest BCUT2D eigenvalue weighted by Crippen LogP contribution is 2.18. The van der Waals surface area contributed by atoms with Crippen molar-refractivity contribution >= 4 is 21.6 Å². The molecule has 0 spiro atoms. The van der Waals surface area contributed by atoms with Gasteiger partial charge in [0.05, 0.1) is 4.90 Å². The Balaban J connectivity index is 2.24. The zero-order valence-corrected chi connectivity index (χ0v) is 16.1. The average molecular weight is 375 g/mol. The molecule has 0 radical (unpaired) electrons. The molecule has 0 unspecified atom stereocenters. The molecule has 0 fully saturated rings. The summed E-state index contributed by atoms with van der Waals surface area (Å²) in [6.07, 6.45) is 0. The smallest absolute Gasteiger partial charge is 0.255 e. The minimum absolute atomic E-state index is 0.0796. The number of benzene rings is 2. The van der Waals surface area contributed by atoms with Gasteiger partial charge in [-0.3, -0.25) is 4.79 Å². The molecule has 2 aromatic carbocycles. The Bertz CT molecular complexity index is 879. The van der Waals surface area contributed by atoms with E-state index in [1.165, 1.54) is 12.1 Å². The highest BCUT2D eigenvalue weighted by atomic mass is 32.2. The summed E-state index contributed by atoms with van der Waals surface area (Å²) in [6.45, 7) is 7.39. The van der Waals surface area contributed by atoms with Crippen LogP contribution in [-0.4, -0.2) is 27.4 Å². The molecule has 26 heavy (non-hydrogen) atoms. The van der Waals surface area contributed by atoms with E-state index in [1.54, 1.807) is 19.9 Å². The summed E-state index contributed by atoms with van der Waals surface area (Å²) in [5.74, 6) is -0.336. The molecule has 0 saturated carbocycles. The number of nitrogens with one attached hydrogen (secondary N) is 3. The van der Waals surface area contributed by atoms with Crippen molar-refractivity contribution in [2.75, 3.05) is 18.4 Å². The van der Waals surface area contributed by atoms with Crippen molar-refractivity contribution in [2.45, 2.75) is 32.2 Å². The summed E-state index contributed by atoms with van der Waals surface area (Å²) < 4.78 is 26.8. The van der Waals surface area contributed by atoms with Gasteiger partial charge in [0.1, 0.15) is 0 Å². The number of amides is 1. The van der Waals surface area contributed by atoms with E-state index in [2.05, 4.69) is 15.4 Å². The van der Waals surface area contributed by atoms with Crippen molar-refractivity contribution in [3.05, 3.63) is 59.2 Å². The zero-order valence-electron chi connectivity index (χ0n) is 15.3. The molecule has 0 aromatic heterocycles. The molecule has 0 heterocycles. The molecule has 6 nitrogen and oxygen atoms in total. The van der Waals surface area contributed by atoms with Crippen LogP contribution < -0.4 is 15.4 Å². The molecule has 0 aliphatic rings. The molecule has 2 rings (SSSR count). The quantitative estimate of drug-likeness (QED) is 0.662. The van der Waals surface area contributed by atoms with Gasteiger partial charge >= 0.3 is 0 Å². The average Bonchev–Trinajstić information content (AvgIpc) is 2.60. The molecule has 0 aliphatic carbocycles. The molecule has 3 N–H and O–H groups in total. The second-order valence-electron chi connectivity index (χ2n) is 5.91. The fraction of sp³-hybridized carbons (Fsp3) is 0.316. The van der Waals surface area contributed by atoms with E-state index in [-0.39, 0.29) is 17.3 Å². The van der Waals surface area contributed by atoms with Gasteiger partial charge in [-0.05, 0) is 48.9 Å². The van der Waals surface area contributed by atoms with Gasteiger partial charge in [-0.2, -0.15) is 0 Å². The van der Waals surface area contributed by atoms with Crippen LogP contribution >= 0.6 is 0 Å². The first-order valence-corrected chi connectivity index (χ1v) is 10.1. The van der Waals surface area contributed by atoms with E-state index in [1.807, 2.05) is 31.2 Å². The van der Waals surface area contributed by atoms with Crippen molar-refractivity contribution < 1.29 is 13.2 Å². The summed E-state index contributed by atoms with van der Waals surface area (Å²) in [5.41, 5.74) is 2.78. The van der Waals surface area contributed by atoms with Crippen LogP contribution in [0.4, 0.5) is 5.69 Å². The lowest BCUT2D eigenvalue weighted by Crippen LogP contribution is -2.24. The Labute approximate surface area is 155 Å². The molecule has 0 aliphatic heterocycles. The van der Waals surface area contributed by atoms with Gasteiger partial charge in [0.2, 0.25) is 10.0 Å². The maximum Gasteiger partial charge on any atom is 0.255 e. The molecule has 0 atom stereocenters. The Morgan fingerprint density at radius 2 is 1.81 bits per heavy atom. The van der Waals surface area contributed by atoms with Crippen LogP contribution in [0, 0.1) is 6.92 Å². The number of hydrogen-bond acceptors (Lipinski definition) is 4. The maximum atomic E-state index is 12.7. The SMILES string of the molecule is CCNCc1cccc(NC(=O)c2cc(S(=O)(=O)NCC)ccc2C)c1. The number of anilines is 1. The van der Waals surface area contributed by atoms with Gasteiger partial charge in [0.25, 0.3) is 5.91 Å². The number of hydrogen-bond donors (Lipinski definition) is 3. The minimum atomic E-state index is -3.61. The van der Waals surface area contributed by atoms with Gasteiger partial charge in [0, 0.05) is 24.3 Å². The van der Waals surface area contributed by atoms with Crippen LogP contribution in [0.25, 0.3) is 0 Å². The first kappa shape index (κ1) is 20.1. The van der Waals surface area contributed by atoms with Crippen LogP contribution in [0.1, 0.15) is 35.3 Å². The van der Waals surface area contributed by atoms with Crippen molar-refractivity contribution in [1.29, 1.82) is 0 Å². The standard InChI is InChI=1S/C19H25N3O3S/c1-4-20-13-15-7-6-8-16(11-15)22-19(23)18-12-17(10-9-14(18)3)26(24,25)21-5-2/h6-12,20-21H,4-5,13H2,1-3H3,(H,22,23). The van der Waals surface area contributed by atoms with E-state index < -0.39 is 10.0 Å². The lowest BCUT2D eigenvalue weighted by Gasteiger charge is -2.11. The van der Waals surface area contributed by atoms with Crippen LogP contribution in [0.5, 0.6) is 0 Å². The summed E-state index contributed by atoms with van der Waals surface area (Å²) in [5, 5.41) is 6.08. The fourth-order valence-corrected chi connectivity index (χ4v) is 3.58. The predicted molar refractivity (Wildman–Crippen MR) is 104 cm³/mol. The predicted octanol–water partition coefficient (Wildman–Crippen LogP) is 2.66. The lowest BCUT2D eigenvalue weighted by molar-refractivity contribution is 0.102. The Kier molecular flexibility index (Phi) is 6.90. The number of rotatable bonds is 8. The van der Waals surface area contributed by atoms with Crippen LogP contribution in [-0.2, 0) is 16.6 Å². The van der Waals surface area contributed by atoms with E-state index in [4.69, 9.17) is 0 Å². The van der Waals surface area contributed by atoms with Gasteiger partial charge in [-0.15, -0.1) is 0 Å². The van der Waals surface area contributed by atoms with Gasteiger partial charge < -0.3 is 10.6 Å². The molecule has 1 amide bonds. The van der Waals surface area contributed by atoms with Crippen molar-refractivity contribution in [3.63, 3.8) is 0 Å². The van der Waals surface area contributed by atoms with Crippen LogP contribution in [0.15, 0.2) is 47.4 Å². The van der Waals surface area contributed by atoms with Crippen molar-refractivity contribution in [2.24, 2.45) is 0 Å². The first-order chi connectivity index (χ1) is 12.4. The summed E-state index contributed by atoms with van der Waals surface area (Å²) >= 11 is 0. The molecule has 0 saturated heterocycles. The fourth-order valence-electron chi connectivity index (χ4n) is 2.51. The number of carbonyl (C=O) groups excluding carboxylic acids is 1. The van der Waals surface area contributed by atoms with Gasteiger partial charge in [-0.25, -0.2) is 13.1 Å². The first-order valence-electron chi connectivity index (χ1n) is 8.58. The lowest BCUT2D eigenvalue weighted by atomic mass is 10.1. The normalized spacial score (nSPS) is 11.3.